The molecule has 0 atom stereocenters. The van der Waals surface area contributed by atoms with Gasteiger partial charge >= 0.3 is 0 Å². The Morgan fingerprint density at radius 2 is 1.73 bits per heavy atom. The molecule has 3 rings (SSSR count). The SMILES string of the molecule is Fc1cc(CCN2CCNCC2)cc(-c2ccccc2)c1F. The number of piperazine rings is 1. The minimum Gasteiger partial charge on any atom is -0.314 e. The van der Waals surface area contributed by atoms with Gasteiger partial charge in [0.15, 0.2) is 11.6 Å². The zero-order valence-electron chi connectivity index (χ0n) is 12.5. The average Bonchev–Trinajstić information content (AvgIpc) is 2.57. The Morgan fingerprint density at radius 3 is 2.45 bits per heavy atom. The number of rotatable bonds is 4. The number of benzene rings is 2. The molecular formula is C18H20F2N2. The molecule has 0 aromatic heterocycles. The summed E-state index contributed by atoms with van der Waals surface area (Å²) in [5, 5.41) is 3.31. The first-order valence-electron chi connectivity index (χ1n) is 7.70. The Bertz CT molecular complexity index is 622. The highest BCUT2D eigenvalue weighted by Gasteiger charge is 2.14. The van der Waals surface area contributed by atoms with E-state index in [9.17, 15) is 8.78 Å². The normalized spacial score (nSPS) is 15.9. The van der Waals surface area contributed by atoms with Crippen LogP contribution in [0.15, 0.2) is 42.5 Å². The first-order valence-corrected chi connectivity index (χ1v) is 7.70. The summed E-state index contributed by atoms with van der Waals surface area (Å²) in [5.41, 5.74) is 1.90. The van der Waals surface area contributed by atoms with E-state index in [-0.39, 0.29) is 0 Å². The number of nitrogens with one attached hydrogen (secondary N) is 1. The fourth-order valence-corrected chi connectivity index (χ4v) is 2.84. The van der Waals surface area contributed by atoms with Crippen molar-refractivity contribution >= 4 is 0 Å². The van der Waals surface area contributed by atoms with Gasteiger partial charge in [0.05, 0.1) is 0 Å². The lowest BCUT2D eigenvalue weighted by atomic mass is 10.0. The third kappa shape index (κ3) is 3.51. The molecule has 22 heavy (non-hydrogen) atoms. The van der Waals surface area contributed by atoms with E-state index >= 15 is 0 Å². The zero-order valence-corrected chi connectivity index (χ0v) is 12.5. The molecule has 1 aliphatic rings. The molecule has 0 radical (unpaired) electrons. The van der Waals surface area contributed by atoms with Crippen LogP contribution in [0.2, 0.25) is 0 Å². The summed E-state index contributed by atoms with van der Waals surface area (Å²) in [7, 11) is 0. The fourth-order valence-electron chi connectivity index (χ4n) is 2.84. The van der Waals surface area contributed by atoms with Crippen LogP contribution in [0.5, 0.6) is 0 Å². The third-order valence-electron chi connectivity index (χ3n) is 4.10. The van der Waals surface area contributed by atoms with Crippen LogP contribution in [0.1, 0.15) is 5.56 Å². The highest BCUT2D eigenvalue weighted by Crippen LogP contribution is 2.26. The largest absolute Gasteiger partial charge is 0.314 e. The lowest BCUT2D eigenvalue weighted by molar-refractivity contribution is 0.244. The summed E-state index contributed by atoms with van der Waals surface area (Å²) in [4.78, 5) is 2.35. The smallest absolute Gasteiger partial charge is 0.166 e. The summed E-state index contributed by atoms with van der Waals surface area (Å²) >= 11 is 0. The van der Waals surface area contributed by atoms with Crippen LogP contribution in [0.3, 0.4) is 0 Å². The Hall–Kier alpha value is -1.78. The second kappa shape index (κ2) is 6.99. The van der Waals surface area contributed by atoms with E-state index in [0.29, 0.717) is 11.1 Å². The standard InChI is InChI=1S/C18H20F2N2/c19-17-13-14(6-9-22-10-7-21-8-11-22)12-16(18(17)20)15-4-2-1-3-5-15/h1-5,12-13,21H,6-11H2. The van der Waals surface area contributed by atoms with Gasteiger partial charge in [-0.2, -0.15) is 0 Å². The van der Waals surface area contributed by atoms with Gasteiger partial charge < -0.3 is 10.2 Å². The Labute approximate surface area is 129 Å². The summed E-state index contributed by atoms with van der Waals surface area (Å²) in [6, 6.07) is 12.2. The lowest BCUT2D eigenvalue weighted by Crippen LogP contribution is -2.44. The first-order chi connectivity index (χ1) is 10.7. The van der Waals surface area contributed by atoms with E-state index in [4.69, 9.17) is 0 Å². The van der Waals surface area contributed by atoms with Crippen molar-refractivity contribution in [2.45, 2.75) is 6.42 Å². The Balaban J connectivity index is 1.79. The predicted octanol–water partition coefficient (Wildman–Crippen LogP) is 3.08. The molecule has 0 unspecified atom stereocenters. The van der Waals surface area contributed by atoms with E-state index in [1.54, 1.807) is 18.2 Å². The molecule has 2 aromatic rings. The van der Waals surface area contributed by atoms with Crippen molar-refractivity contribution in [3.63, 3.8) is 0 Å². The topological polar surface area (TPSA) is 15.3 Å². The van der Waals surface area contributed by atoms with Crippen LogP contribution in [0.25, 0.3) is 11.1 Å². The van der Waals surface area contributed by atoms with Gasteiger partial charge in [0.25, 0.3) is 0 Å². The maximum atomic E-state index is 14.1. The van der Waals surface area contributed by atoms with Crippen LogP contribution >= 0.6 is 0 Å². The van der Waals surface area contributed by atoms with Crippen LogP contribution in [-0.4, -0.2) is 37.6 Å². The summed E-state index contributed by atoms with van der Waals surface area (Å²) in [5.74, 6) is -1.53. The minimum absolute atomic E-state index is 0.343. The number of nitrogens with zero attached hydrogens (tertiary/aromatic N) is 1. The maximum absolute atomic E-state index is 14.1. The first kappa shape index (κ1) is 15.1. The molecular weight excluding hydrogens is 282 g/mol. The van der Waals surface area contributed by atoms with Gasteiger partial charge in [0.1, 0.15) is 0 Å². The molecule has 0 spiro atoms. The number of hydrogen-bond donors (Lipinski definition) is 1. The van der Waals surface area contributed by atoms with Gasteiger partial charge in [0.2, 0.25) is 0 Å². The van der Waals surface area contributed by atoms with Gasteiger partial charge in [-0.25, -0.2) is 8.78 Å². The maximum Gasteiger partial charge on any atom is 0.166 e. The molecule has 0 bridgehead atoms. The summed E-state index contributed by atoms with van der Waals surface area (Å²) in [6.07, 6.45) is 0.733. The highest BCUT2D eigenvalue weighted by molar-refractivity contribution is 5.65. The van der Waals surface area contributed by atoms with E-state index in [1.807, 2.05) is 18.2 Å². The molecule has 1 heterocycles. The molecule has 2 nitrogen and oxygen atoms in total. The van der Waals surface area contributed by atoms with E-state index < -0.39 is 11.6 Å². The van der Waals surface area contributed by atoms with Crippen LogP contribution < -0.4 is 5.32 Å². The molecule has 116 valence electrons. The lowest BCUT2D eigenvalue weighted by Gasteiger charge is -2.27. The quantitative estimate of drug-likeness (QED) is 0.934. The molecule has 1 N–H and O–H groups in total. The molecule has 1 fully saturated rings. The molecule has 0 aliphatic carbocycles. The number of halogens is 2. The second-order valence-electron chi connectivity index (χ2n) is 5.65. The van der Waals surface area contributed by atoms with Gasteiger partial charge in [-0.1, -0.05) is 30.3 Å². The fraction of sp³-hybridized carbons (Fsp3) is 0.333. The summed E-state index contributed by atoms with van der Waals surface area (Å²) < 4.78 is 28.0. The van der Waals surface area contributed by atoms with Crippen molar-refractivity contribution < 1.29 is 8.78 Å². The van der Waals surface area contributed by atoms with E-state index in [0.717, 1.165) is 44.7 Å². The molecule has 1 aliphatic heterocycles. The molecule has 0 saturated carbocycles. The van der Waals surface area contributed by atoms with Crippen molar-refractivity contribution in [2.75, 3.05) is 32.7 Å². The number of hydrogen-bond acceptors (Lipinski definition) is 2. The van der Waals surface area contributed by atoms with Gasteiger partial charge in [-0.15, -0.1) is 0 Å². The van der Waals surface area contributed by atoms with Crippen molar-refractivity contribution in [3.8, 4) is 11.1 Å². The van der Waals surface area contributed by atoms with Crippen LogP contribution in [0.4, 0.5) is 8.78 Å². The van der Waals surface area contributed by atoms with Crippen LogP contribution in [-0.2, 0) is 6.42 Å². The van der Waals surface area contributed by atoms with Crippen molar-refractivity contribution in [1.82, 2.24) is 10.2 Å². The third-order valence-corrected chi connectivity index (χ3v) is 4.10. The molecule has 1 saturated heterocycles. The zero-order chi connectivity index (χ0) is 15.4. The summed E-state index contributed by atoms with van der Waals surface area (Å²) in [6.45, 7) is 4.88. The monoisotopic (exact) mass is 302 g/mol. The van der Waals surface area contributed by atoms with Crippen LogP contribution in [0, 0.1) is 11.6 Å². The van der Waals surface area contributed by atoms with Crippen molar-refractivity contribution in [1.29, 1.82) is 0 Å². The van der Waals surface area contributed by atoms with Gasteiger partial charge in [-0.05, 0) is 29.7 Å². The Kier molecular flexibility index (Phi) is 4.80. The molecule has 4 heteroatoms. The van der Waals surface area contributed by atoms with E-state index in [2.05, 4.69) is 10.2 Å². The minimum atomic E-state index is -0.767. The second-order valence-corrected chi connectivity index (χ2v) is 5.65. The predicted molar refractivity (Wildman–Crippen MR) is 84.8 cm³/mol. The van der Waals surface area contributed by atoms with E-state index in [1.165, 1.54) is 6.07 Å². The average molecular weight is 302 g/mol. The molecule has 2 aromatic carbocycles. The van der Waals surface area contributed by atoms with Crippen molar-refractivity contribution in [3.05, 3.63) is 59.7 Å². The highest BCUT2D eigenvalue weighted by atomic mass is 19.2. The van der Waals surface area contributed by atoms with Gasteiger partial charge in [0, 0.05) is 38.3 Å². The molecule has 0 amide bonds. The van der Waals surface area contributed by atoms with Gasteiger partial charge in [-0.3, -0.25) is 0 Å². The van der Waals surface area contributed by atoms with Crippen molar-refractivity contribution in [2.24, 2.45) is 0 Å². The Morgan fingerprint density at radius 1 is 1.00 bits per heavy atom.